The van der Waals surface area contributed by atoms with Crippen LogP contribution in [0.25, 0.3) is 11.3 Å². The van der Waals surface area contributed by atoms with E-state index in [1.165, 1.54) is 0 Å². The Kier molecular flexibility index (Phi) is 2.73. The Morgan fingerprint density at radius 3 is 2.67 bits per heavy atom. The van der Waals surface area contributed by atoms with Gasteiger partial charge in [-0.15, -0.1) is 0 Å². The molecule has 0 aliphatic rings. The van der Waals surface area contributed by atoms with Gasteiger partial charge in [-0.3, -0.25) is 5.10 Å². The van der Waals surface area contributed by atoms with E-state index in [-0.39, 0.29) is 0 Å². The van der Waals surface area contributed by atoms with Crippen molar-refractivity contribution >= 4 is 12.2 Å². The Morgan fingerprint density at radius 1 is 1.27 bits per heavy atom. The summed E-state index contributed by atoms with van der Waals surface area (Å²) in [5.41, 5.74) is 1.72. The first-order valence-electron chi connectivity index (χ1n) is 4.36. The van der Waals surface area contributed by atoms with Gasteiger partial charge in [-0.25, -0.2) is 4.98 Å². The normalized spacial score (nSPS) is 9.93. The van der Waals surface area contributed by atoms with E-state index in [0.717, 1.165) is 11.3 Å². The fourth-order valence-corrected chi connectivity index (χ4v) is 1.27. The molecule has 0 amide bonds. The summed E-state index contributed by atoms with van der Waals surface area (Å²) in [6, 6.07) is 7.33. The third-order valence-electron chi connectivity index (χ3n) is 1.92. The molecule has 76 valence electrons. The molecule has 0 radical (unpaired) electrons. The van der Waals surface area contributed by atoms with Crippen molar-refractivity contribution in [2.24, 2.45) is 0 Å². The number of aromatic amines is 1. The summed E-state index contributed by atoms with van der Waals surface area (Å²) in [5.74, 6) is 0.586. The van der Waals surface area contributed by atoms with Crippen LogP contribution in [0.3, 0.4) is 0 Å². The summed E-state index contributed by atoms with van der Waals surface area (Å²) in [6.45, 7) is 0. The summed E-state index contributed by atoms with van der Waals surface area (Å²) in [5, 5.41) is 6.83. The molecule has 15 heavy (non-hydrogen) atoms. The van der Waals surface area contributed by atoms with Crippen molar-refractivity contribution in [3.8, 4) is 17.1 Å². The first-order valence-corrected chi connectivity index (χ1v) is 4.76. The van der Waals surface area contributed by atoms with Gasteiger partial charge in [0.2, 0.25) is 5.88 Å². The zero-order chi connectivity index (χ0) is 10.7. The van der Waals surface area contributed by atoms with Crippen LogP contribution < -0.4 is 4.74 Å². The molecule has 5 heteroatoms. The molecule has 0 aromatic carbocycles. The van der Waals surface area contributed by atoms with E-state index >= 15 is 0 Å². The van der Waals surface area contributed by atoms with E-state index in [4.69, 9.17) is 17.0 Å². The third-order valence-corrected chi connectivity index (χ3v) is 2.15. The van der Waals surface area contributed by atoms with Crippen molar-refractivity contribution < 1.29 is 4.74 Å². The van der Waals surface area contributed by atoms with Crippen molar-refractivity contribution in [3.63, 3.8) is 0 Å². The van der Waals surface area contributed by atoms with E-state index in [0.29, 0.717) is 10.5 Å². The maximum atomic E-state index is 4.97. The highest BCUT2D eigenvalue weighted by molar-refractivity contribution is 7.71. The van der Waals surface area contributed by atoms with E-state index in [1.54, 1.807) is 25.4 Å². The molecule has 0 aliphatic heterocycles. The number of ether oxygens (including phenoxy) is 1. The van der Waals surface area contributed by atoms with Crippen LogP contribution in [-0.4, -0.2) is 22.3 Å². The first-order chi connectivity index (χ1) is 7.29. The lowest BCUT2D eigenvalue weighted by Crippen LogP contribution is -1.90. The van der Waals surface area contributed by atoms with Crippen LogP contribution in [0.1, 0.15) is 0 Å². The number of nitrogens with one attached hydrogen (secondary N) is 1. The van der Waals surface area contributed by atoms with Crippen LogP contribution in [-0.2, 0) is 0 Å². The topological polar surface area (TPSA) is 50.8 Å². The average Bonchev–Trinajstić information content (AvgIpc) is 2.30. The van der Waals surface area contributed by atoms with Crippen molar-refractivity contribution in [2.45, 2.75) is 0 Å². The molecule has 0 unspecified atom stereocenters. The molecule has 0 atom stereocenters. The summed E-state index contributed by atoms with van der Waals surface area (Å²) in [7, 11) is 1.58. The summed E-state index contributed by atoms with van der Waals surface area (Å²) < 4.78 is 5.58. The van der Waals surface area contributed by atoms with Gasteiger partial charge in [-0.1, -0.05) is 12.2 Å². The van der Waals surface area contributed by atoms with Gasteiger partial charge in [0.25, 0.3) is 0 Å². The largest absolute Gasteiger partial charge is 0.481 e. The first kappa shape index (κ1) is 9.79. The molecule has 0 saturated heterocycles. The number of nitrogens with zero attached hydrogens (tertiary/aromatic N) is 2. The number of pyridine rings is 1. The maximum Gasteiger partial charge on any atom is 0.212 e. The second-order valence-corrected chi connectivity index (χ2v) is 3.34. The van der Waals surface area contributed by atoms with Crippen LogP contribution >= 0.6 is 12.2 Å². The molecule has 1 N–H and O–H groups in total. The molecule has 2 heterocycles. The zero-order valence-corrected chi connectivity index (χ0v) is 8.91. The second-order valence-electron chi connectivity index (χ2n) is 2.90. The molecule has 0 saturated carbocycles. The summed E-state index contributed by atoms with van der Waals surface area (Å²) in [6.07, 6.45) is 1.71. The lowest BCUT2D eigenvalue weighted by Gasteiger charge is -2.01. The molecule has 2 rings (SSSR count). The molecule has 2 aromatic rings. The van der Waals surface area contributed by atoms with Crippen LogP contribution in [0, 0.1) is 4.64 Å². The molecule has 0 fully saturated rings. The van der Waals surface area contributed by atoms with Gasteiger partial charge < -0.3 is 4.74 Å². The smallest absolute Gasteiger partial charge is 0.212 e. The number of hydrogen-bond donors (Lipinski definition) is 1. The molecule has 4 nitrogen and oxygen atoms in total. The van der Waals surface area contributed by atoms with Gasteiger partial charge in [0.05, 0.1) is 12.8 Å². The Hall–Kier alpha value is -1.75. The molecule has 0 aliphatic carbocycles. The number of methoxy groups -OCH3 is 1. The van der Waals surface area contributed by atoms with Gasteiger partial charge in [-0.2, -0.15) is 5.10 Å². The van der Waals surface area contributed by atoms with Gasteiger partial charge >= 0.3 is 0 Å². The maximum absolute atomic E-state index is 4.97. The fraction of sp³-hybridized carbons (Fsp3) is 0.100. The van der Waals surface area contributed by atoms with Crippen LogP contribution in [0.5, 0.6) is 5.88 Å². The van der Waals surface area contributed by atoms with Gasteiger partial charge in [0, 0.05) is 17.8 Å². The summed E-state index contributed by atoms with van der Waals surface area (Å²) >= 11 is 4.91. The summed E-state index contributed by atoms with van der Waals surface area (Å²) in [4.78, 5) is 4.09. The van der Waals surface area contributed by atoms with E-state index in [9.17, 15) is 0 Å². The lowest BCUT2D eigenvalue weighted by molar-refractivity contribution is 0.398. The minimum atomic E-state index is 0.586. The Morgan fingerprint density at radius 2 is 2.13 bits per heavy atom. The molecular formula is C10H9N3OS. The van der Waals surface area contributed by atoms with Crippen LogP contribution in [0.15, 0.2) is 30.5 Å². The zero-order valence-electron chi connectivity index (χ0n) is 8.10. The average molecular weight is 219 g/mol. The number of aromatic nitrogens is 3. The van der Waals surface area contributed by atoms with Crippen LogP contribution in [0.4, 0.5) is 0 Å². The van der Waals surface area contributed by atoms with Crippen molar-refractivity contribution in [2.75, 3.05) is 7.11 Å². The SMILES string of the molecule is COc1ccc(-c2ccc(=S)[nH]n2)cn1. The Bertz CT molecular complexity index is 486. The van der Waals surface area contributed by atoms with E-state index in [1.807, 2.05) is 12.1 Å². The predicted octanol–water partition coefficient (Wildman–Crippen LogP) is 2.21. The quantitative estimate of drug-likeness (QED) is 0.787. The number of H-pyrrole nitrogens is 1. The number of hydrogen-bond acceptors (Lipinski definition) is 4. The third kappa shape index (κ3) is 2.19. The van der Waals surface area contributed by atoms with Gasteiger partial charge in [-0.05, 0) is 18.2 Å². The van der Waals surface area contributed by atoms with Crippen molar-refractivity contribution in [3.05, 3.63) is 35.1 Å². The minimum Gasteiger partial charge on any atom is -0.481 e. The lowest BCUT2D eigenvalue weighted by atomic mass is 10.2. The van der Waals surface area contributed by atoms with Gasteiger partial charge in [0.15, 0.2) is 0 Å². The molecule has 0 spiro atoms. The molecular weight excluding hydrogens is 210 g/mol. The second kappa shape index (κ2) is 4.18. The Balaban J connectivity index is 2.37. The monoisotopic (exact) mass is 219 g/mol. The standard InChI is InChI=1S/C10H9N3OS/c1-14-9-4-2-7(6-11-9)8-3-5-10(15)13-12-8/h2-6H,1H3,(H,13,15). The highest BCUT2D eigenvalue weighted by atomic mass is 32.1. The highest BCUT2D eigenvalue weighted by Gasteiger charge is 1.99. The van der Waals surface area contributed by atoms with E-state index in [2.05, 4.69) is 15.2 Å². The predicted molar refractivity (Wildman–Crippen MR) is 59.2 cm³/mol. The number of rotatable bonds is 2. The Labute approximate surface area is 92.0 Å². The molecule has 0 bridgehead atoms. The van der Waals surface area contributed by atoms with Crippen molar-refractivity contribution in [1.29, 1.82) is 0 Å². The minimum absolute atomic E-state index is 0.586. The molecule has 2 aromatic heterocycles. The fourth-order valence-electron chi connectivity index (χ4n) is 1.16. The van der Waals surface area contributed by atoms with E-state index < -0.39 is 0 Å². The van der Waals surface area contributed by atoms with Crippen LogP contribution in [0.2, 0.25) is 0 Å². The van der Waals surface area contributed by atoms with Crippen molar-refractivity contribution in [1.82, 2.24) is 15.2 Å². The van der Waals surface area contributed by atoms with Gasteiger partial charge in [0.1, 0.15) is 4.64 Å². The highest BCUT2D eigenvalue weighted by Crippen LogP contribution is 2.16.